The number of rotatable bonds is 8. The molecule has 1 heterocycles. The predicted molar refractivity (Wildman–Crippen MR) is 85.0 cm³/mol. The summed E-state index contributed by atoms with van der Waals surface area (Å²) in [6.07, 6.45) is 1.08. The van der Waals surface area contributed by atoms with Crippen LogP contribution in [0.15, 0.2) is 6.07 Å². The van der Waals surface area contributed by atoms with Gasteiger partial charge in [-0.2, -0.15) is 0 Å². The lowest BCUT2D eigenvalue weighted by Crippen LogP contribution is -2.33. The molecule has 3 N–H and O–H groups in total. The molecule has 0 atom stereocenters. The number of likely N-dealkylation sites (N-methyl/N-ethyl adjacent to an activating group) is 1. The summed E-state index contributed by atoms with van der Waals surface area (Å²) in [6.45, 7) is 9.26. The molecule has 0 aliphatic rings. The van der Waals surface area contributed by atoms with E-state index in [0.29, 0.717) is 5.82 Å². The van der Waals surface area contributed by atoms with Gasteiger partial charge in [-0.15, -0.1) is 0 Å². The molecule has 114 valence electrons. The van der Waals surface area contributed by atoms with Crippen molar-refractivity contribution >= 4 is 11.6 Å². The van der Waals surface area contributed by atoms with E-state index in [0.717, 1.165) is 37.7 Å². The number of nitrogens with two attached hydrogens (primary N) is 1. The quantitative estimate of drug-likeness (QED) is 0.557. The SMILES string of the molecule is CCCN(CCN(C)C)c1cc(NN)nc(C(C)C)n1. The normalized spacial score (nSPS) is 11.2. The lowest BCUT2D eigenvalue weighted by molar-refractivity contribution is 0.412. The lowest BCUT2D eigenvalue weighted by Gasteiger charge is -2.26. The molecule has 0 aliphatic heterocycles. The second-order valence-corrected chi connectivity index (χ2v) is 5.56. The minimum absolute atomic E-state index is 0.277. The van der Waals surface area contributed by atoms with Crippen molar-refractivity contribution in [3.63, 3.8) is 0 Å². The highest BCUT2D eigenvalue weighted by Gasteiger charge is 2.13. The third kappa shape index (κ3) is 4.94. The van der Waals surface area contributed by atoms with Gasteiger partial charge in [0, 0.05) is 31.6 Å². The highest BCUT2D eigenvalue weighted by Crippen LogP contribution is 2.19. The summed E-state index contributed by atoms with van der Waals surface area (Å²) in [7, 11) is 4.16. The Morgan fingerprint density at radius 2 is 1.90 bits per heavy atom. The minimum atomic E-state index is 0.277. The Morgan fingerprint density at radius 3 is 2.40 bits per heavy atom. The van der Waals surface area contributed by atoms with Crippen molar-refractivity contribution in [2.45, 2.75) is 33.1 Å². The Balaban J connectivity index is 3.01. The molecular formula is C14H28N6. The highest BCUT2D eigenvalue weighted by atomic mass is 15.3. The van der Waals surface area contributed by atoms with Crippen LogP contribution in [0.1, 0.15) is 38.9 Å². The van der Waals surface area contributed by atoms with Crippen LogP contribution in [-0.2, 0) is 0 Å². The van der Waals surface area contributed by atoms with Gasteiger partial charge in [-0.05, 0) is 20.5 Å². The Hall–Kier alpha value is -1.40. The second-order valence-electron chi connectivity index (χ2n) is 5.56. The van der Waals surface area contributed by atoms with Crippen molar-refractivity contribution in [1.82, 2.24) is 14.9 Å². The Bertz CT molecular complexity index is 405. The summed E-state index contributed by atoms with van der Waals surface area (Å²) < 4.78 is 0. The van der Waals surface area contributed by atoms with E-state index in [1.165, 1.54) is 0 Å². The van der Waals surface area contributed by atoms with Gasteiger partial charge in [0.25, 0.3) is 0 Å². The number of hydrogen-bond acceptors (Lipinski definition) is 6. The molecule has 0 spiro atoms. The molecule has 0 aromatic carbocycles. The molecule has 0 unspecified atom stereocenters. The number of hydrogen-bond donors (Lipinski definition) is 2. The molecule has 6 nitrogen and oxygen atoms in total. The summed E-state index contributed by atoms with van der Waals surface area (Å²) in [5.41, 5.74) is 2.64. The van der Waals surface area contributed by atoms with Gasteiger partial charge in [-0.25, -0.2) is 15.8 Å². The average molecular weight is 280 g/mol. The fourth-order valence-electron chi connectivity index (χ4n) is 1.88. The van der Waals surface area contributed by atoms with Gasteiger partial charge in [0.15, 0.2) is 0 Å². The summed E-state index contributed by atoms with van der Waals surface area (Å²) in [4.78, 5) is 13.5. The maximum Gasteiger partial charge on any atom is 0.145 e. The number of nitrogens with zero attached hydrogens (tertiary/aromatic N) is 4. The van der Waals surface area contributed by atoms with Crippen LogP contribution in [0, 0.1) is 0 Å². The van der Waals surface area contributed by atoms with Gasteiger partial charge < -0.3 is 15.2 Å². The third-order valence-corrected chi connectivity index (χ3v) is 3.03. The third-order valence-electron chi connectivity index (χ3n) is 3.03. The zero-order valence-electron chi connectivity index (χ0n) is 13.3. The van der Waals surface area contributed by atoms with Crippen molar-refractivity contribution in [1.29, 1.82) is 0 Å². The van der Waals surface area contributed by atoms with Crippen LogP contribution in [0.25, 0.3) is 0 Å². The van der Waals surface area contributed by atoms with Gasteiger partial charge in [0.05, 0.1) is 0 Å². The number of anilines is 2. The van der Waals surface area contributed by atoms with Gasteiger partial charge in [-0.1, -0.05) is 20.8 Å². The Kier molecular flexibility index (Phi) is 6.67. The van der Waals surface area contributed by atoms with Crippen molar-refractivity contribution in [2.24, 2.45) is 5.84 Å². The summed E-state index contributed by atoms with van der Waals surface area (Å²) in [6, 6.07) is 1.91. The van der Waals surface area contributed by atoms with Crippen LogP contribution in [0.3, 0.4) is 0 Å². The van der Waals surface area contributed by atoms with E-state index < -0.39 is 0 Å². The molecule has 0 fully saturated rings. The first kappa shape index (κ1) is 16.7. The second kappa shape index (κ2) is 8.01. The summed E-state index contributed by atoms with van der Waals surface area (Å²) in [5, 5.41) is 0. The topological polar surface area (TPSA) is 70.3 Å². The maximum atomic E-state index is 5.52. The van der Waals surface area contributed by atoms with Crippen molar-refractivity contribution in [3.05, 3.63) is 11.9 Å². The van der Waals surface area contributed by atoms with Crippen LogP contribution in [0.4, 0.5) is 11.6 Å². The van der Waals surface area contributed by atoms with Gasteiger partial charge in [-0.3, -0.25) is 0 Å². The molecule has 6 heteroatoms. The smallest absolute Gasteiger partial charge is 0.145 e. The standard InChI is InChI=1S/C14H28N6/c1-6-7-20(9-8-19(4)5)13-10-12(18-15)16-14(17-13)11(2)3/h10-11H,6-9,15H2,1-5H3,(H,16,17,18). The fraction of sp³-hybridized carbons (Fsp3) is 0.714. The zero-order chi connectivity index (χ0) is 15.1. The Morgan fingerprint density at radius 1 is 1.20 bits per heavy atom. The highest BCUT2D eigenvalue weighted by molar-refractivity contribution is 5.49. The van der Waals surface area contributed by atoms with E-state index >= 15 is 0 Å². The molecule has 0 aliphatic carbocycles. The van der Waals surface area contributed by atoms with E-state index in [2.05, 4.69) is 60.1 Å². The number of nitrogen functional groups attached to an aromatic ring is 1. The van der Waals surface area contributed by atoms with Gasteiger partial charge in [0.1, 0.15) is 17.5 Å². The average Bonchev–Trinajstić information content (AvgIpc) is 2.42. The molecule has 1 rings (SSSR count). The van der Waals surface area contributed by atoms with Crippen molar-refractivity contribution in [3.8, 4) is 0 Å². The van der Waals surface area contributed by atoms with Crippen LogP contribution < -0.4 is 16.2 Å². The molecule has 1 aromatic rings. The van der Waals surface area contributed by atoms with E-state index in [1.807, 2.05) is 6.07 Å². The summed E-state index contributed by atoms with van der Waals surface area (Å²) in [5.74, 6) is 8.23. The molecule has 20 heavy (non-hydrogen) atoms. The molecule has 0 radical (unpaired) electrons. The first-order valence-electron chi connectivity index (χ1n) is 7.23. The molecule has 0 saturated carbocycles. The first-order chi connectivity index (χ1) is 9.47. The fourth-order valence-corrected chi connectivity index (χ4v) is 1.88. The van der Waals surface area contributed by atoms with Gasteiger partial charge >= 0.3 is 0 Å². The van der Waals surface area contributed by atoms with E-state index in [1.54, 1.807) is 0 Å². The van der Waals surface area contributed by atoms with Crippen LogP contribution >= 0.6 is 0 Å². The van der Waals surface area contributed by atoms with Crippen LogP contribution in [0.2, 0.25) is 0 Å². The molecular weight excluding hydrogens is 252 g/mol. The van der Waals surface area contributed by atoms with Crippen LogP contribution in [0.5, 0.6) is 0 Å². The van der Waals surface area contributed by atoms with Crippen LogP contribution in [-0.4, -0.2) is 48.6 Å². The lowest BCUT2D eigenvalue weighted by atomic mass is 10.2. The number of aromatic nitrogens is 2. The van der Waals surface area contributed by atoms with E-state index in [9.17, 15) is 0 Å². The van der Waals surface area contributed by atoms with E-state index in [4.69, 9.17) is 5.84 Å². The van der Waals surface area contributed by atoms with Gasteiger partial charge in [0.2, 0.25) is 0 Å². The van der Waals surface area contributed by atoms with E-state index in [-0.39, 0.29) is 5.92 Å². The zero-order valence-corrected chi connectivity index (χ0v) is 13.3. The minimum Gasteiger partial charge on any atom is -0.355 e. The first-order valence-corrected chi connectivity index (χ1v) is 7.23. The predicted octanol–water partition coefficient (Wildman–Crippen LogP) is 1.66. The monoisotopic (exact) mass is 280 g/mol. The number of hydrazine groups is 1. The largest absolute Gasteiger partial charge is 0.355 e. The molecule has 0 amide bonds. The van der Waals surface area contributed by atoms with Crippen molar-refractivity contribution in [2.75, 3.05) is 44.1 Å². The maximum absolute atomic E-state index is 5.52. The molecule has 1 aromatic heterocycles. The number of nitrogens with one attached hydrogen (secondary N) is 1. The molecule has 0 saturated heterocycles. The van der Waals surface area contributed by atoms with Crippen molar-refractivity contribution < 1.29 is 0 Å². The Labute approximate surface area is 122 Å². The summed E-state index contributed by atoms with van der Waals surface area (Å²) >= 11 is 0. The molecule has 0 bridgehead atoms.